The van der Waals surface area contributed by atoms with Gasteiger partial charge in [-0.1, -0.05) is 13.8 Å². The molecule has 0 spiro atoms. The predicted molar refractivity (Wildman–Crippen MR) is 164 cm³/mol. The minimum atomic E-state index is -0.965. The molecule has 0 aliphatic carbocycles. The number of nitrogens with zero attached hydrogens (tertiary/aromatic N) is 3. The van der Waals surface area contributed by atoms with Crippen LogP contribution in [0.5, 0.6) is 5.75 Å². The maximum absolute atomic E-state index is 12.9. The van der Waals surface area contributed by atoms with Crippen molar-refractivity contribution in [1.82, 2.24) is 14.7 Å². The molecule has 2 amide bonds. The van der Waals surface area contributed by atoms with Crippen LogP contribution < -0.4 is 4.74 Å². The van der Waals surface area contributed by atoms with Gasteiger partial charge in [0, 0.05) is 43.7 Å². The van der Waals surface area contributed by atoms with Gasteiger partial charge in [0.2, 0.25) is 5.91 Å². The summed E-state index contributed by atoms with van der Waals surface area (Å²) in [6.45, 7) is 12.9. The molecule has 246 valence electrons. The fraction of sp³-hybridized carbons (Fsp3) is 0.645. The molecule has 3 rings (SSSR count). The molecule has 0 saturated carbocycles. The van der Waals surface area contributed by atoms with Gasteiger partial charge in [0.25, 0.3) is 6.29 Å². The second-order valence-electron chi connectivity index (χ2n) is 12.2. The van der Waals surface area contributed by atoms with Crippen molar-refractivity contribution < 1.29 is 42.9 Å². The van der Waals surface area contributed by atoms with Gasteiger partial charge in [-0.3, -0.25) is 19.3 Å². The summed E-state index contributed by atoms with van der Waals surface area (Å²) < 4.78 is 21.2. The number of hydrogen-bond donors (Lipinski definition) is 0. The van der Waals surface area contributed by atoms with E-state index in [1.165, 1.54) is 0 Å². The molecule has 13 heteroatoms. The topological polar surface area (TPSA) is 132 Å². The lowest BCUT2D eigenvalue weighted by atomic mass is 9.97. The third-order valence-electron chi connectivity index (χ3n) is 7.36. The van der Waals surface area contributed by atoms with E-state index in [1.807, 2.05) is 13.8 Å². The number of amides is 2. The Morgan fingerprint density at radius 3 is 2.14 bits per heavy atom. The van der Waals surface area contributed by atoms with Gasteiger partial charge in [-0.15, -0.1) is 12.4 Å². The van der Waals surface area contributed by atoms with Crippen LogP contribution in [0.25, 0.3) is 0 Å². The van der Waals surface area contributed by atoms with Crippen LogP contribution in [-0.4, -0.2) is 109 Å². The Balaban J connectivity index is 0.00000675. The number of esters is 2. The molecule has 2 saturated heterocycles. The summed E-state index contributed by atoms with van der Waals surface area (Å²) in [5.74, 6) is -0.951. The third kappa shape index (κ3) is 10.7. The largest absolute Gasteiger partial charge is 0.482 e. The van der Waals surface area contributed by atoms with Gasteiger partial charge in [-0.25, -0.2) is 9.59 Å². The second-order valence-corrected chi connectivity index (χ2v) is 12.2. The van der Waals surface area contributed by atoms with E-state index in [2.05, 4.69) is 4.90 Å². The Bertz CT molecular complexity index is 1150. The zero-order valence-electron chi connectivity index (χ0n) is 26.5. The van der Waals surface area contributed by atoms with Gasteiger partial charge < -0.3 is 28.7 Å². The lowest BCUT2D eigenvalue weighted by Crippen LogP contribution is -2.56. The lowest BCUT2D eigenvalue weighted by Gasteiger charge is -2.42. The summed E-state index contributed by atoms with van der Waals surface area (Å²) in [7, 11) is 0. The molecule has 2 aliphatic rings. The molecule has 2 heterocycles. The van der Waals surface area contributed by atoms with Crippen molar-refractivity contribution in [2.75, 3.05) is 52.5 Å². The SMILES string of the molecule is CCOC(=O)COc1ccc(C(=O)CN2CCN(C3CCN(C(=O)OC(OC(=O)C(C)(C)C)C(C)C)CC3)CC2=O)cc1.Cl. The minimum Gasteiger partial charge on any atom is -0.482 e. The van der Waals surface area contributed by atoms with Gasteiger partial charge in [0.05, 0.1) is 25.1 Å². The summed E-state index contributed by atoms with van der Waals surface area (Å²) in [6.07, 6.45) is -0.121. The molecule has 0 aromatic heterocycles. The van der Waals surface area contributed by atoms with Gasteiger partial charge in [-0.2, -0.15) is 0 Å². The maximum Gasteiger partial charge on any atom is 0.412 e. The first-order valence-corrected chi connectivity index (χ1v) is 14.9. The summed E-state index contributed by atoms with van der Waals surface area (Å²) in [5, 5.41) is 0. The average molecular weight is 640 g/mol. The van der Waals surface area contributed by atoms with E-state index in [1.54, 1.807) is 61.8 Å². The number of halogens is 1. The average Bonchev–Trinajstić information content (AvgIpc) is 2.96. The van der Waals surface area contributed by atoms with Crippen molar-refractivity contribution in [3.8, 4) is 5.75 Å². The molecule has 2 aliphatic heterocycles. The summed E-state index contributed by atoms with van der Waals surface area (Å²) >= 11 is 0. The quantitative estimate of drug-likeness (QED) is 0.201. The van der Waals surface area contributed by atoms with Crippen LogP contribution in [0.15, 0.2) is 24.3 Å². The third-order valence-corrected chi connectivity index (χ3v) is 7.36. The molecule has 12 nitrogen and oxygen atoms in total. The highest BCUT2D eigenvalue weighted by atomic mass is 35.5. The molecule has 1 unspecified atom stereocenters. The zero-order chi connectivity index (χ0) is 31.7. The van der Waals surface area contributed by atoms with Crippen molar-refractivity contribution in [1.29, 1.82) is 0 Å². The van der Waals surface area contributed by atoms with Gasteiger partial charge in [0.1, 0.15) is 5.75 Å². The van der Waals surface area contributed by atoms with Crippen LogP contribution in [0.3, 0.4) is 0 Å². The molecule has 0 N–H and O–H groups in total. The Labute approximate surface area is 265 Å². The number of piperazine rings is 1. The second kappa shape index (κ2) is 16.6. The van der Waals surface area contributed by atoms with Gasteiger partial charge in [0.15, 0.2) is 12.4 Å². The van der Waals surface area contributed by atoms with E-state index in [0.29, 0.717) is 50.3 Å². The highest BCUT2D eigenvalue weighted by Gasteiger charge is 2.35. The summed E-state index contributed by atoms with van der Waals surface area (Å²) in [6, 6.07) is 6.57. The number of carbonyl (C=O) groups excluding carboxylic acids is 5. The molecular formula is C31H46ClN3O9. The normalized spacial score (nSPS) is 17.0. The van der Waals surface area contributed by atoms with Crippen LogP contribution in [0, 0.1) is 11.3 Å². The van der Waals surface area contributed by atoms with Crippen LogP contribution in [0.4, 0.5) is 4.79 Å². The molecule has 0 radical (unpaired) electrons. The zero-order valence-corrected chi connectivity index (χ0v) is 27.4. The highest BCUT2D eigenvalue weighted by Crippen LogP contribution is 2.23. The predicted octanol–water partition coefficient (Wildman–Crippen LogP) is 3.55. The summed E-state index contributed by atoms with van der Waals surface area (Å²) in [5.41, 5.74) is -0.257. The fourth-order valence-electron chi connectivity index (χ4n) is 4.72. The van der Waals surface area contributed by atoms with E-state index in [0.717, 1.165) is 0 Å². The number of ether oxygens (including phenoxy) is 4. The van der Waals surface area contributed by atoms with Crippen molar-refractivity contribution in [3.05, 3.63) is 29.8 Å². The maximum atomic E-state index is 12.9. The Kier molecular flexibility index (Phi) is 13.9. The first-order chi connectivity index (χ1) is 20.3. The number of ketones is 1. The van der Waals surface area contributed by atoms with E-state index >= 15 is 0 Å². The number of likely N-dealkylation sites (tertiary alicyclic amines) is 1. The molecule has 0 bridgehead atoms. The molecular weight excluding hydrogens is 594 g/mol. The number of hydrogen-bond acceptors (Lipinski definition) is 10. The Hall–Kier alpha value is -3.38. The van der Waals surface area contributed by atoms with Crippen LogP contribution >= 0.6 is 12.4 Å². The van der Waals surface area contributed by atoms with Crippen molar-refractivity contribution in [2.45, 2.75) is 66.7 Å². The van der Waals surface area contributed by atoms with E-state index in [-0.39, 0.29) is 62.4 Å². The van der Waals surface area contributed by atoms with E-state index in [4.69, 9.17) is 18.9 Å². The van der Waals surface area contributed by atoms with Crippen molar-refractivity contribution in [2.24, 2.45) is 11.3 Å². The molecule has 1 atom stereocenters. The van der Waals surface area contributed by atoms with Crippen molar-refractivity contribution >= 4 is 42.1 Å². The molecule has 1 aromatic rings. The summed E-state index contributed by atoms with van der Waals surface area (Å²) in [4.78, 5) is 67.6. The lowest BCUT2D eigenvalue weighted by molar-refractivity contribution is -0.186. The number of benzene rings is 1. The van der Waals surface area contributed by atoms with E-state index in [9.17, 15) is 24.0 Å². The standard InChI is InChI=1S/C31H45N3O9.ClH/c1-7-40-27(37)20-41-24-10-8-22(9-11-24)25(35)18-34-17-16-33(19-26(34)36)23-12-14-32(15-13-23)30(39)43-28(21(2)3)42-29(38)31(4,5)6;/h8-11,21,23,28H,7,12-20H2,1-6H3;1H. The van der Waals surface area contributed by atoms with Gasteiger partial charge >= 0.3 is 18.0 Å². The molecule has 44 heavy (non-hydrogen) atoms. The Morgan fingerprint density at radius 2 is 1.59 bits per heavy atom. The first kappa shape index (κ1) is 36.8. The number of rotatable bonds is 11. The number of carbonyl (C=O) groups is 5. The monoisotopic (exact) mass is 639 g/mol. The van der Waals surface area contributed by atoms with E-state index < -0.39 is 29.7 Å². The van der Waals surface area contributed by atoms with Crippen LogP contribution in [0.2, 0.25) is 0 Å². The highest BCUT2D eigenvalue weighted by molar-refractivity contribution is 5.99. The smallest absolute Gasteiger partial charge is 0.412 e. The van der Waals surface area contributed by atoms with Gasteiger partial charge in [-0.05, 0) is 64.8 Å². The first-order valence-electron chi connectivity index (χ1n) is 14.9. The molecule has 1 aromatic carbocycles. The number of piperidine rings is 1. The molecule has 2 fully saturated rings. The van der Waals surface area contributed by atoms with Crippen molar-refractivity contribution in [3.63, 3.8) is 0 Å². The fourth-order valence-corrected chi connectivity index (χ4v) is 4.72. The minimum absolute atomic E-state index is 0. The Morgan fingerprint density at radius 1 is 0.955 bits per heavy atom. The van der Waals surface area contributed by atoms with Crippen LogP contribution in [0.1, 0.15) is 64.7 Å². The number of Topliss-reactive ketones (excluding diaryl/α,β-unsaturated/α-hetero) is 1. The van der Waals surface area contributed by atoms with Crippen LogP contribution in [-0.2, 0) is 28.6 Å².